The highest BCUT2D eigenvalue weighted by Gasteiger charge is 2.15. The van der Waals surface area contributed by atoms with Crippen LogP contribution >= 0.6 is 0 Å². The maximum Gasteiger partial charge on any atom is 0.273 e. The smallest absolute Gasteiger partial charge is 0.273 e. The molecule has 0 saturated heterocycles. The van der Waals surface area contributed by atoms with Crippen LogP contribution in [-0.2, 0) is 6.54 Å². The summed E-state index contributed by atoms with van der Waals surface area (Å²) in [5.74, 6) is 1.82. The van der Waals surface area contributed by atoms with E-state index in [1.165, 1.54) is 12.1 Å². The van der Waals surface area contributed by atoms with E-state index in [1.807, 2.05) is 30.1 Å². The van der Waals surface area contributed by atoms with Crippen molar-refractivity contribution in [3.05, 3.63) is 58.1 Å². The molecule has 1 N–H and O–H groups in total. The van der Waals surface area contributed by atoms with Crippen LogP contribution in [0.1, 0.15) is 5.56 Å². The van der Waals surface area contributed by atoms with Gasteiger partial charge in [-0.1, -0.05) is 12.1 Å². The lowest BCUT2D eigenvalue weighted by Gasteiger charge is -2.21. The van der Waals surface area contributed by atoms with Gasteiger partial charge in [0.25, 0.3) is 5.69 Å². The third-order valence-electron chi connectivity index (χ3n) is 3.88. The number of hydrogen-bond acceptors (Lipinski definition) is 7. The first-order chi connectivity index (χ1) is 12.5. The van der Waals surface area contributed by atoms with E-state index in [9.17, 15) is 15.2 Å². The van der Waals surface area contributed by atoms with Crippen LogP contribution in [0.2, 0.25) is 0 Å². The number of aliphatic hydroxyl groups excluding tert-OH is 1. The van der Waals surface area contributed by atoms with Crippen LogP contribution in [0.4, 0.5) is 5.69 Å². The van der Waals surface area contributed by atoms with Crippen LogP contribution < -0.4 is 14.2 Å². The summed E-state index contributed by atoms with van der Waals surface area (Å²) >= 11 is 0. The highest BCUT2D eigenvalue weighted by molar-refractivity contribution is 5.44. The number of benzene rings is 2. The van der Waals surface area contributed by atoms with Gasteiger partial charge in [0, 0.05) is 19.2 Å². The predicted molar refractivity (Wildman–Crippen MR) is 93.5 cm³/mol. The molecule has 0 aliphatic carbocycles. The second-order valence-corrected chi connectivity index (χ2v) is 6.10. The summed E-state index contributed by atoms with van der Waals surface area (Å²) in [6.07, 6.45) is -0.728. The molecule has 1 heterocycles. The van der Waals surface area contributed by atoms with E-state index in [-0.39, 0.29) is 19.1 Å². The first-order valence-electron chi connectivity index (χ1n) is 8.13. The van der Waals surface area contributed by atoms with Gasteiger partial charge < -0.3 is 19.3 Å². The number of likely N-dealkylation sites (N-methyl/N-ethyl adjacent to an activating group) is 1. The Bertz CT molecular complexity index is 782. The number of aliphatic hydroxyl groups is 1. The Morgan fingerprint density at radius 1 is 1.27 bits per heavy atom. The number of fused-ring (bicyclic) bond motifs is 1. The molecule has 0 fully saturated rings. The Kier molecular flexibility index (Phi) is 5.55. The van der Waals surface area contributed by atoms with Crippen molar-refractivity contribution < 1.29 is 24.2 Å². The minimum Gasteiger partial charge on any atom is -0.491 e. The Hall–Kier alpha value is -2.84. The van der Waals surface area contributed by atoms with Gasteiger partial charge in [-0.3, -0.25) is 15.0 Å². The molecular weight excluding hydrogens is 340 g/mol. The summed E-state index contributed by atoms with van der Waals surface area (Å²) in [7, 11) is 1.89. The van der Waals surface area contributed by atoms with Crippen LogP contribution in [0, 0.1) is 10.1 Å². The van der Waals surface area contributed by atoms with Gasteiger partial charge in [-0.25, -0.2) is 0 Å². The lowest BCUT2D eigenvalue weighted by atomic mass is 10.2. The number of nitrogens with zero attached hydrogens (tertiary/aromatic N) is 2. The maximum atomic E-state index is 10.8. The molecule has 8 heteroatoms. The largest absolute Gasteiger partial charge is 0.491 e. The molecule has 3 rings (SSSR count). The molecule has 1 aliphatic heterocycles. The summed E-state index contributed by atoms with van der Waals surface area (Å²) in [6, 6.07) is 11.6. The van der Waals surface area contributed by atoms with E-state index >= 15 is 0 Å². The van der Waals surface area contributed by atoms with Crippen LogP contribution in [-0.4, -0.2) is 48.0 Å². The molecule has 1 atom stereocenters. The fourth-order valence-electron chi connectivity index (χ4n) is 2.71. The van der Waals surface area contributed by atoms with Crippen molar-refractivity contribution in [3.63, 3.8) is 0 Å². The minimum atomic E-state index is -0.728. The molecule has 0 spiro atoms. The van der Waals surface area contributed by atoms with Crippen LogP contribution in [0.15, 0.2) is 42.5 Å². The quantitative estimate of drug-likeness (QED) is 0.569. The molecule has 0 amide bonds. The molecule has 0 radical (unpaired) electrons. The molecule has 2 aromatic carbocycles. The monoisotopic (exact) mass is 360 g/mol. The van der Waals surface area contributed by atoms with E-state index < -0.39 is 11.0 Å². The highest BCUT2D eigenvalue weighted by atomic mass is 16.7. The molecule has 0 bridgehead atoms. The van der Waals surface area contributed by atoms with Crippen molar-refractivity contribution in [1.82, 2.24) is 4.90 Å². The zero-order chi connectivity index (χ0) is 18.5. The Morgan fingerprint density at radius 3 is 2.88 bits per heavy atom. The van der Waals surface area contributed by atoms with Crippen molar-refractivity contribution in [3.8, 4) is 17.2 Å². The van der Waals surface area contributed by atoms with Crippen molar-refractivity contribution in [2.45, 2.75) is 12.6 Å². The maximum absolute atomic E-state index is 10.8. The predicted octanol–water partition coefficient (Wildman–Crippen LogP) is 2.20. The SMILES string of the molecule is CN(Cc1ccc2c(c1)OCO2)C[C@H](O)COc1cccc([N+](=O)[O-])c1. The van der Waals surface area contributed by atoms with Crippen molar-refractivity contribution in [2.24, 2.45) is 0 Å². The number of nitro groups is 1. The summed E-state index contributed by atoms with van der Waals surface area (Å²) in [4.78, 5) is 12.2. The van der Waals surface area contributed by atoms with E-state index in [0.29, 0.717) is 18.8 Å². The van der Waals surface area contributed by atoms with Gasteiger partial charge in [0.05, 0.1) is 11.0 Å². The topological polar surface area (TPSA) is 94.3 Å². The molecule has 0 unspecified atom stereocenters. The number of hydrogen-bond donors (Lipinski definition) is 1. The molecule has 1 aliphatic rings. The first-order valence-corrected chi connectivity index (χ1v) is 8.13. The molecule has 8 nitrogen and oxygen atoms in total. The van der Waals surface area contributed by atoms with Gasteiger partial charge in [-0.15, -0.1) is 0 Å². The highest BCUT2D eigenvalue weighted by Crippen LogP contribution is 2.32. The zero-order valence-corrected chi connectivity index (χ0v) is 14.3. The third kappa shape index (κ3) is 4.62. The normalized spacial score (nSPS) is 13.7. The summed E-state index contributed by atoms with van der Waals surface area (Å²) < 4.78 is 16.1. The lowest BCUT2D eigenvalue weighted by Crippen LogP contribution is -2.32. The average Bonchev–Trinajstić information content (AvgIpc) is 3.08. The lowest BCUT2D eigenvalue weighted by molar-refractivity contribution is -0.384. The van der Waals surface area contributed by atoms with Gasteiger partial charge in [0.1, 0.15) is 18.5 Å². The standard InChI is InChI=1S/C18H20N2O6/c1-19(9-13-5-6-17-18(7-13)26-12-25-17)10-15(21)11-24-16-4-2-3-14(8-16)20(22)23/h2-8,15,21H,9-12H2,1H3/t15-/m0/s1. The van der Waals surface area contributed by atoms with E-state index in [0.717, 1.165) is 17.1 Å². The number of ether oxygens (including phenoxy) is 3. The summed E-state index contributed by atoms with van der Waals surface area (Å²) in [5, 5.41) is 20.9. The molecule has 26 heavy (non-hydrogen) atoms. The fraction of sp³-hybridized carbons (Fsp3) is 0.333. The van der Waals surface area contributed by atoms with Gasteiger partial charge in [-0.2, -0.15) is 0 Å². The Morgan fingerprint density at radius 2 is 2.08 bits per heavy atom. The fourth-order valence-corrected chi connectivity index (χ4v) is 2.71. The Balaban J connectivity index is 1.47. The second-order valence-electron chi connectivity index (χ2n) is 6.10. The molecule has 0 aromatic heterocycles. The molecular formula is C18H20N2O6. The molecule has 138 valence electrons. The first kappa shape index (κ1) is 18.0. The van der Waals surface area contributed by atoms with Crippen LogP contribution in [0.3, 0.4) is 0 Å². The summed E-state index contributed by atoms with van der Waals surface area (Å²) in [6.45, 7) is 1.31. The van der Waals surface area contributed by atoms with Crippen molar-refractivity contribution in [1.29, 1.82) is 0 Å². The van der Waals surface area contributed by atoms with Crippen molar-refractivity contribution >= 4 is 5.69 Å². The van der Waals surface area contributed by atoms with E-state index in [2.05, 4.69) is 0 Å². The van der Waals surface area contributed by atoms with Crippen LogP contribution in [0.25, 0.3) is 0 Å². The zero-order valence-electron chi connectivity index (χ0n) is 14.3. The molecule has 2 aromatic rings. The minimum absolute atomic E-state index is 0.0445. The van der Waals surface area contributed by atoms with E-state index in [1.54, 1.807) is 12.1 Å². The van der Waals surface area contributed by atoms with Gasteiger partial charge in [0.15, 0.2) is 11.5 Å². The molecule has 0 saturated carbocycles. The van der Waals surface area contributed by atoms with E-state index in [4.69, 9.17) is 14.2 Å². The second kappa shape index (κ2) is 8.03. The van der Waals surface area contributed by atoms with Gasteiger partial charge >= 0.3 is 0 Å². The number of non-ortho nitro benzene ring substituents is 1. The third-order valence-corrected chi connectivity index (χ3v) is 3.88. The van der Waals surface area contributed by atoms with Crippen LogP contribution in [0.5, 0.6) is 17.2 Å². The Labute approximate surface area is 150 Å². The number of rotatable bonds is 8. The van der Waals surface area contributed by atoms with Gasteiger partial charge in [-0.05, 0) is 30.8 Å². The summed E-state index contributed by atoms with van der Waals surface area (Å²) in [5.41, 5.74) is 1.00. The number of nitro benzene ring substituents is 1. The van der Waals surface area contributed by atoms with Gasteiger partial charge in [0.2, 0.25) is 6.79 Å². The average molecular weight is 360 g/mol. The van der Waals surface area contributed by atoms with Crippen molar-refractivity contribution in [2.75, 3.05) is 27.0 Å².